The van der Waals surface area contributed by atoms with Crippen molar-refractivity contribution in [1.82, 2.24) is 20.2 Å². The molecule has 0 aliphatic carbocycles. The van der Waals surface area contributed by atoms with E-state index in [-0.39, 0.29) is 5.91 Å². The molecular formula is C10H10BrN5O. The number of rotatable bonds is 3. The maximum absolute atomic E-state index is 11.5. The number of pyridine rings is 1. The van der Waals surface area contributed by atoms with Crippen molar-refractivity contribution < 1.29 is 4.79 Å². The number of amides is 1. The second-order valence-corrected chi connectivity index (χ2v) is 4.24. The van der Waals surface area contributed by atoms with Crippen molar-refractivity contribution >= 4 is 21.8 Å². The number of hydrogen-bond donors (Lipinski definition) is 2. The van der Waals surface area contributed by atoms with Gasteiger partial charge in [0.2, 0.25) is 0 Å². The van der Waals surface area contributed by atoms with Crippen LogP contribution in [-0.2, 0) is 6.54 Å². The van der Waals surface area contributed by atoms with E-state index in [9.17, 15) is 4.79 Å². The number of carbonyl (C=O) groups excluding carboxylic acids is 1. The summed E-state index contributed by atoms with van der Waals surface area (Å²) in [6.07, 6.45) is 5.10. The SMILES string of the molecule is NNC(=O)c1cccnc1Cn1cc(Br)cn1. The number of hydrazine groups is 1. The molecule has 2 aromatic heterocycles. The molecule has 0 saturated heterocycles. The average molecular weight is 296 g/mol. The molecular weight excluding hydrogens is 286 g/mol. The minimum Gasteiger partial charge on any atom is -0.290 e. The fraction of sp³-hybridized carbons (Fsp3) is 0.100. The summed E-state index contributed by atoms with van der Waals surface area (Å²) < 4.78 is 2.55. The number of nitrogens with one attached hydrogen (secondary N) is 1. The molecule has 0 atom stereocenters. The van der Waals surface area contributed by atoms with Crippen molar-refractivity contribution in [1.29, 1.82) is 0 Å². The summed E-state index contributed by atoms with van der Waals surface area (Å²) in [6.45, 7) is 0.412. The fourth-order valence-corrected chi connectivity index (χ4v) is 1.75. The zero-order chi connectivity index (χ0) is 12.3. The van der Waals surface area contributed by atoms with Crippen molar-refractivity contribution in [2.24, 2.45) is 5.84 Å². The maximum atomic E-state index is 11.5. The monoisotopic (exact) mass is 295 g/mol. The van der Waals surface area contributed by atoms with Crippen LogP contribution in [0.25, 0.3) is 0 Å². The highest BCUT2D eigenvalue weighted by molar-refractivity contribution is 9.10. The van der Waals surface area contributed by atoms with Crippen molar-refractivity contribution in [3.05, 3.63) is 46.5 Å². The average Bonchev–Trinajstić information content (AvgIpc) is 2.74. The van der Waals surface area contributed by atoms with Crippen LogP contribution in [0.1, 0.15) is 16.1 Å². The predicted octanol–water partition coefficient (Wildman–Crippen LogP) is 0.692. The van der Waals surface area contributed by atoms with Gasteiger partial charge in [0, 0.05) is 12.4 Å². The Labute approximate surface area is 106 Å². The third-order valence-electron chi connectivity index (χ3n) is 2.18. The van der Waals surface area contributed by atoms with Gasteiger partial charge in [-0.25, -0.2) is 5.84 Å². The number of hydrogen-bond acceptors (Lipinski definition) is 4. The van der Waals surface area contributed by atoms with E-state index in [1.807, 2.05) is 0 Å². The third-order valence-corrected chi connectivity index (χ3v) is 2.59. The van der Waals surface area contributed by atoms with E-state index in [1.165, 1.54) is 0 Å². The molecule has 88 valence electrons. The topological polar surface area (TPSA) is 85.8 Å². The zero-order valence-corrected chi connectivity index (χ0v) is 10.4. The highest BCUT2D eigenvalue weighted by atomic mass is 79.9. The minimum atomic E-state index is -0.362. The van der Waals surface area contributed by atoms with E-state index in [1.54, 1.807) is 35.4 Å². The Hall–Kier alpha value is -1.73. The highest BCUT2D eigenvalue weighted by Crippen LogP contribution is 2.10. The van der Waals surface area contributed by atoms with Crippen LogP contribution in [0.15, 0.2) is 35.2 Å². The number of carbonyl (C=O) groups is 1. The quantitative estimate of drug-likeness (QED) is 0.496. The largest absolute Gasteiger partial charge is 0.290 e. The molecule has 6 nitrogen and oxygen atoms in total. The summed E-state index contributed by atoms with van der Waals surface area (Å²) in [5, 5.41) is 4.10. The first kappa shape index (κ1) is 11.7. The molecule has 17 heavy (non-hydrogen) atoms. The lowest BCUT2D eigenvalue weighted by atomic mass is 10.2. The Morgan fingerprint density at radius 1 is 1.59 bits per heavy atom. The van der Waals surface area contributed by atoms with Crippen molar-refractivity contribution in [2.45, 2.75) is 6.54 Å². The van der Waals surface area contributed by atoms with Gasteiger partial charge in [0.1, 0.15) is 0 Å². The third kappa shape index (κ3) is 2.69. The van der Waals surface area contributed by atoms with Crippen molar-refractivity contribution in [3.63, 3.8) is 0 Å². The molecule has 2 aromatic rings. The molecule has 0 saturated carbocycles. The Kier molecular flexibility index (Phi) is 3.50. The number of nitrogens with zero attached hydrogens (tertiary/aromatic N) is 3. The van der Waals surface area contributed by atoms with Gasteiger partial charge in [0.15, 0.2) is 0 Å². The zero-order valence-electron chi connectivity index (χ0n) is 8.80. The first-order chi connectivity index (χ1) is 8.20. The molecule has 3 N–H and O–H groups in total. The number of aromatic nitrogens is 3. The van der Waals surface area contributed by atoms with Crippen LogP contribution in [0.3, 0.4) is 0 Å². The molecule has 0 radical (unpaired) electrons. The summed E-state index contributed by atoms with van der Waals surface area (Å²) in [5.74, 6) is 4.75. The molecule has 7 heteroatoms. The first-order valence-corrected chi connectivity index (χ1v) is 5.63. The van der Waals surface area contributed by atoms with Crippen LogP contribution in [0.2, 0.25) is 0 Å². The number of nitrogens with two attached hydrogens (primary N) is 1. The van der Waals surface area contributed by atoms with Crippen LogP contribution >= 0.6 is 15.9 Å². The first-order valence-electron chi connectivity index (χ1n) is 4.83. The smallest absolute Gasteiger partial charge is 0.267 e. The lowest BCUT2D eigenvalue weighted by molar-refractivity contribution is 0.0952. The second kappa shape index (κ2) is 5.07. The van der Waals surface area contributed by atoms with E-state index in [0.717, 1.165) is 4.47 Å². The van der Waals surface area contributed by atoms with Crippen LogP contribution in [-0.4, -0.2) is 20.7 Å². The summed E-state index contributed by atoms with van der Waals surface area (Å²) in [4.78, 5) is 15.7. The van der Waals surface area contributed by atoms with Gasteiger partial charge in [-0.2, -0.15) is 5.10 Å². The van der Waals surface area contributed by atoms with Gasteiger partial charge < -0.3 is 0 Å². The van der Waals surface area contributed by atoms with Crippen LogP contribution < -0.4 is 11.3 Å². The lowest BCUT2D eigenvalue weighted by Crippen LogP contribution is -2.31. The minimum absolute atomic E-state index is 0.362. The summed E-state index contributed by atoms with van der Waals surface area (Å²) >= 11 is 3.30. The van der Waals surface area contributed by atoms with Gasteiger partial charge in [0.05, 0.1) is 28.5 Å². The Morgan fingerprint density at radius 3 is 3.06 bits per heavy atom. The molecule has 0 aliphatic rings. The highest BCUT2D eigenvalue weighted by Gasteiger charge is 2.11. The van der Waals surface area contributed by atoms with Crippen LogP contribution in [0.4, 0.5) is 0 Å². The van der Waals surface area contributed by atoms with Gasteiger partial charge in [-0.15, -0.1) is 0 Å². The molecule has 2 heterocycles. The molecule has 0 unspecified atom stereocenters. The summed E-state index contributed by atoms with van der Waals surface area (Å²) in [6, 6.07) is 3.36. The Morgan fingerprint density at radius 2 is 2.41 bits per heavy atom. The maximum Gasteiger partial charge on any atom is 0.267 e. The summed E-state index contributed by atoms with van der Waals surface area (Å²) in [5.41, 5.74) is 3.16. The molecule has 1 amide bonds. The molecule has 0 aliphatic heterocycles. The Balaban J connectivity index is 2.29. The fourth-order valence-electron chi connectivity index (χ4n) is 1.43. The van der Waals surface area contributed by atoms with Crippen LogP contribution in [0.5, 0.6) is 0 Å². The Bertz CT molecular complexity index is 539. The lowest BCUT2D eigenvalue weighted by Gasteiger charge is -2.06. The van der Waals surface area contributed by atoms with E-state index in [2.05, 4.69) is 31.4 Å². The van der Waals surface area contributed by atoms with E-state index >= 15 is 0 Å². The number of nitrogen functional groups attached to an aromatic ring is 1. The summed E-state index contributed by atoms with van der Waals surface area (Å²) in [7, 11) is 0. The molecule has 0 aromatic carbocycles. The van der Waals surface area contributed by atoms with Gasteiger partial charge in [-0.1, -0.05) is 0 Å². The van der Waals surface area contributed by atoms with Crippen molar-refractivity contribution in [3.8, 4) is 0 Å². The van der Waals surface area contributed by atoms with E-state index < -0.39 is 0 Å². The van der Waals surface area contributed by atoms with Gasteiger partial charge in [-0.3, -0.25) is 19.9 Å². The van der Waals surface area contributed by atoms with Crippen LogP contribution in [0, 0.1) is 0 Å². The molecule has 0 spiro atoms. The standard InChI is InChI=1S/C10H10BrN5O/c11-7-4-14-16(5-7)6-9-8(10(17)15-12)2-1-3-13-9/h1-5H,6,12H2,(H,15,17). The molecule has 2 rings (SSSR count). The normalized spacial score (nSPS) is 10.2. The second-order valence-electron chi connectivity index (χ2n) is 3.33. The van der Waals surface area contributed by atoms with Gasteiger partial charge in [-0.05, 0) is 28.1 Å². The van der Waals surface area contributed by atoms with Gasteiger partial charge >= 0.3 is 0 Å². The van der Waals surface area contributed by atoms with E-state index in [0.29, 0.717) is 17.8 Å². The van der Waals surface area contributed by atoms with Gasteiger partial charge in [0.25, 0.3) is 5.91 Å². The van der Waals surface area contributed by atoms with E-state index in [4.69, 9.17) is 5.84 Å². The molecule has 0 bridgehead atoms. The van der Waals surface area contributed by atoms with Crippen molar-refractivity contribution in [2.75, 3.05) is 0 Å². The molecule has 0 fully saturated rings. The predicted molar refractivity (Wildman–Crippen MR) is 64.9 cm³/mol. The number of halogens is 1.